The Hall–Kier alpha value is -1.00. The first-order chi connectivity index (χ1) is 9.69. The summed E-state index contributed by atoms with van der Waals surface area (Å²) in [5.41, 5.74) is 0.930. The molecule has 4 heteroatoms. The maximum atomic E-state index is 12.9. The fourth-order valence-electron chi connectivity index (χ4n) is 2.93. The van der Waals surface area contributed by atoms with Crippen LogP contribution in [0.15, 0.2) is 18.3 Å². The van der Waals surface area contributed by atoms with Crippen molar-refractivity contribution in [2.24, 2.45) is 0 Å². The van der Waals surface area contributed by atoms with Crippen LogP contribution in [-0.4, -0.2) is 35.6 Å². The molecular formula is C16H26FN3. The van der Waals surface area contributed by atoms with Crippen LogP contribution < -0.4 is 5.32 Å². The smallest absolute Gasteiger partial charge is 0.141 e. The van der Waals surface area contributed by atoms with Crippen LogP contribution in [0, 0.1) is 5.82 Å². The lowest BCUT2D eigenvalue weighted by Crippen LogP contribution is -2.42. The van der Waals surface area contributed by atoms with E-state index >= 15 is 0 Å². The van der Waals surface area contributed by atoms with E-state index in [9.17, 15) is 4.39 Å². The van der Waals surface area contributed by atoms with Crippen LogP contribution in [0.3, 0.4) is 0 Å². The van der Waals surface area contributed by atoms with Crippen molar-refractivity contribution in [3.8, 4) is 0 Å². The highest BCUT2D eigenvalue weighted by molar-refractivity contribution is 5.10. The van der Waals surface area contributed by atoms with Crippen molar-refractivity contribution < 1.29 is 4.39 Å². The van der Waals surface area contributed by atoms with Crippen LogP contribution >= 0.6 is 0 Å². The number of hydrogen-bond acceptors (Lipinski definition) is 3. The molecule has 1 aromatic heterocycles. The maximum Gasteiger partial charge on any atom is 0.141 e. The van der Waals surface area contributed by atoms with Crippen molar-refractivity contribution in [3.05, 3.63) is 29.8 Å². The van der Waals surface area contributed by atoms with Gasteiger partial charge in [-0.25, -0.2) is 4.39 Å². The van der Waals surface area contributed by atoms with Crippen LogP contribution in [0.1, 0.15) is 51.3 Å². The molecule has 2 rings (SSSR count). The molecule has 3 nitrogen and oxygen atoms in total. The number of nitrogens with one attached hydrogen (secondary N) is 1. The molecule has 0 amide bonds. The third kappa shape index (κ3) is 4.53. The molecule has 0 saturated carbocycles. The van der Waals surface area contributed by atoms with E-state index in [0.717, 1.165) is 18.7 Å². The fraction of sp³-hybridized carbons (Fsp3) is 0.688. The van der Waals surface area contributed by atoms with E-state index in [1.165, 1.54) is 44.6 Å². The highest BCUT2D eigenvalue weighted by Gasteiger charge is 2.17. The zero-order valence-corrected chi connectivity index (χ0v) is 12.6. The van der Waals surface area contributed by atoms with Crippen LogP contribution in [0.4, 0.5) is 4.39 Å². The second-order valence-corrected chi connectivity index (χ2v) is 5.79. The van der Waals surface area contributed by atoms with Gasteiger partial charge in [-0.15, -0.1) is 0 Å². The standard InChI is InChI=1S/C16H26FN3/c1-3-15(16-8-7-14(17)11-18-16)19-13(2)12-20-9-5-4-6-10-20/h7-8,11,13,15,19H,3-6,9-10,12H2,1-2H3. The molecule has 1 saturated heterocycles. The summed E-state index contributed by atoms with van der Waals surface area (Å²) in [6.07, 6.45) is 6.28. The molecule has 0 aromatic carbocycles. The second-order valence-electron chi connectivity index (χ2n) is 5.79. The first kappa shape index (κ1) is 15.4. The molecule has 2 unspecified atom stereocenters. The van der Waals surface area contributed by atoms with Gasteiger partial charge < -0.3 is 10.2 Å². The number of piperidine rings is 1. The summed E-state index contributed by atoms with van der Waals surface area (Å²) in [5.74, 6) is -0.273. The summed E-state index contributed by atoms with van der Waals surface area (Å²) in [6.45, 7) is 7.88. The van der Waals surface area contributed by atoms with Gasteiger partial charge in [0.1, 0.15) is 5.82 Å². The third-order valence-electron chi connectivity index (χ3n) is 3.98. The number of pyridine rings is 1. The van der Waals surface area contributed by atoms with E-state index in [4.69, 9.17) is 0 Å². The predicted molar refractivity (Wildman–Crippen MR) is 80.1 cm³/mol. The van der Waals surface area contributed by atoms with Gasteiger partial charge in [0.05, 0.1) is 11.9 Å². The number of halogens is 1. The lowest BCUT2D eigenvalue weighted by molar-refractivity contribution is 0.203. The van der Waals surface area contributed by atoms with Crippen molar-refractivity contribution in [1.82, 2.24) is 15.2 Å². The topological polar surface area (TPSA) is 28.2 Å². The van der Waals surface area contributed by atoms with Crippen molar-refractivity contribution in [2.75, 3.05) is 19.6 Å². The molecule has 0 aliphatic carbocycles. The lowest BCUT2D eigenvalue weighted by atomic mass is 10.1. The van der Waals surface area contributed by atoms with Crippen LogP contribution in [0.2, 0.25) is 0 Å². The van der Waals surface area contributed by atoms with Gasteiger partial charge in [0.15, 0.2) is 0 Å². The summed E-state index contributed by atoms with van der Waals surface area (Å²) < 4.78 is 12.9. The molecule has 2 heterocycles. The molecule has 0 bridgehead atoms. The Balaban J connectivity index is 1.86. The molecular weight excluding hydrogens is 253 g/mol. The zero-order valence-electron chi connectivity index (χ0n) is 12.6. The molecule has 112 valence electrons. The Morgan fingerprint density at radius 2 is 2.05 bits per heavy atom. The predicted octanol–water partition coefficient (Wildman–Crippen LogP) is 3.14. The van der Waals surface area contributed by atoms with Gasteiger partial charge in [-0.3, -0.25) is 4.98 Å². The van der Waals surface area contributed by atoms with Gasteiger partial charge in [-0.05, 0) is 51.4 Å². The normalized spacial score (nSPS) is 19.8. The monoisotopic (exact) mass is 279 g/mol. The summed E-state index contributed by atoms with van der Waals surface area (Å²) in [6, 6.07) is 3.90. The SMILES string of the molecule is CCC(NC(C)CN1CCCCC1)c1ccc(F)cn1. The van der Waals surface area contributed by atoms with Crippen LogP contribution in [-0.2, 0) is 0 Å². The number of hydrogen-bond donors (Lipinski definition) is 1. The number of aromatic nitrogens is 1. The molecule has 0 spiro atoms. The molecule has 1 N–H and O–H groups in total. The molecule has 2 atom stereocenters. The zero-order chi connectivity index (χ0) is 14.4. The Morgan fingerprint density at radius 3 is 2.65 bits per heavy atom. The van der Waals surface area contributed by atoms with E-state index in [1.54, 1.807) is 6.07 Å². The van der Waals surface area contributed by atoms with Crippen molar-refractivity contribution in [2.45, 2.75) is 51.6 Å². The summed E-state index contributed by atoms with van der Waals surface area (Å²) in [4.78, 5) is 6.73. The first-order valence-electron chi connectivity index (χ1n) is 7.79. The number of nitrogens with zero attached hydrogens (tertiary/aromatic N) is 2. The Labute approximate surface area is 121 Å². The van der Waals surface area contributed by atoms with Gasteiger partial charge in [0, 0.05) is 18.6 Å². The van der Waals surface area contributed by atoms with E-state index in [1.807, 2.05) is 0 Å². The second kappa shape index (κ2) is 7.70. The van der Waals surface area contributed by atoms with Gasteiger partial charge in [0.2, 0.25) is 0 Å². The van der Waals surface area contributed by atoms with Gasteiger partial charge >= 0.3 is 0 Å². The van der Waals surface area contributed by atoms with E-state index in [0.29, 0.717) is 6.04 Å². The van der Waals surface area contributed by atoms with Gasteiger partial charge in [0.25, 0.3) is 0 Å². The lowest BCUT2D eigenvalue weighted by Gasteiger charge is -2.31. The molecule has 20 heavy (non-hydrogen) atoms. The Morgan fingerprint density at radius 1 is 1.30 bits per heavy atom. The Kier molecular flexibility index (Phi) is 5.92. The summed E-state index contributed by atoms with van der Waals surface area (Å²) >= 11 is 0. The average Bonchev–Trinajstić information content (AvgIpc) is 2.47. The minimum atomic E-state index is -0.273. The van der Waals surface area contributed by atoms with Crippen LogP contribution in [0.5, 0.6) is 0 Å². The van der Waals surface area contributed by atoms with Crippen LogP contribution in [0.25, 0.3) is 0 Å². The minimum Gasteiger partial charge on any atom is -0.305 e. The first-order valence-corrected chi connectivity index (χ1v) is 7.79. The average molecular weight is 279 g/mol. The summed E-state index contributed by atoms with van der Waals surface area (Å²) in [5, 5.41) is 3.62. The highest BCUT2D eigenvalue weighted by atomic mass is 19.1. The Bertz CT molecular complexity index is 387. The van der Waals surface area contributed by atoms with Crippen molar-refractivity contribution in [3.63, 3.8) is 0 Å². The van der Waals surface area contributed by atoms with Crippen molar-refractivity contribution >= 4 is 0 Å². The van der Waals surface area contributed by atoms with Gasteiger partial charge in [-0.1, -0.05) is 13.3 Å². The van der Waals surface area contributed by atoms with E-state index in [2.05, 4.69) is 29.0 Å². The molecule has 0 radical (unpaired) electrons. The number of rotatable bonds is 6. The molecule has 1 aliphatic rings. The van der Waals surface area contributed by atoms with Crippen molar-refractivity contribution in [1.29, 1.82) is 0 Å². The van der Waals surface area contributed by atoms with E-state index in [-0.39, 0.29) is 11.9 Å². The molecule has 1 aromatic rings. The highest BCUT2D eigenvalue weighted by Crippen LogP contribution is 2.16. The quantitative estimate of drug-likeness (QED) is 0.867. The largest absolute Gasteiger partial charge is 0.305 e. The number of likely N-dealkylation sites (tertiary alicyclic amines) is 1. The summed E-state index contributed by atoms with van der Waals surface area (Å²) in [7, 11) is 0. The molecule has 1 aliphatic heterocycles. The third-order valence-corrected chi connectivity index (χ3v) is 3.98. The van der Waals surface area contributed by atoms with E-state index < -0.39 is 0 Å². The fourth-order valence-corrected chi connectivity index (χ4v) is 2.93. The molecule has 1 fully saturated rings. The minimum absolute atomic E-state index is 0.204. The van der Waals surface area contributed by atoms with Gasteiger partial charge in [-0.2, -0.15) is 0 Å². The maximum absolute atomic E-state index is 12.9.